The average molecular weight is 1490 g/mol. The van der Waals surface area contributed by atoms with Gasteiger partial charge in [-0.2, -0.15) is 0 Å². The minimum Gasteiger partial charge on any atom is -0.247 e. The summed E-state index contributed by atoms with van der Waals surface area (Å²) in [5.74, 6) is 2.01. The van der Waals surface area contributed by atoms with Crippen LogP contribution in [0.2, 0.25) is 0 Å². The summed E-state index contributed by atoms with van der Waals surface area (Å²) in [5.41, 5.74) is 27.1. The second-order valence-electron chi connectivity index (χ2n) is 29.6. The smallest absolute Gasteiger partial charge is 0.160 e. The molecule has 5 heterocycles. The van der Waals surface area contributed by atoms with Crippen LogP contribution >= 0.6 is 23.1 Å². The van der Waals surface area contributed by atoms with Gasteiger partial charge in [0.05, 0.1) is 33.8 Å². The van der Waals surface area contributed by atoms with Crippen LogP contribution in [0.5, 0.6) is 0 Å². The predicted octanol–water partition coefficient (Wildman–Crippen LogP) is 28.0. The second kappa shape index (κ2) is 30.3. The van der Waals surface area contributed by atoms with E-state index in [9.17, 15) is 0 Å². The van der Waals surface area contributed by atoms with Gasteiger partial charge in [0.1, 0.15) is 0 Å². The van der Waals surface area contributed by atoms with Gasteiger partial charge in [-0.1, -0.05) is 347 Å². The molecule has 6 nitrogen and oxygen atoms in total. The molecule has 3 unspecified atom stereocenters. The third kappa shape index (κ3) is 13.7. The topological polar surface area (TPSA) is 76.3 Å². The number of thioether (sulfide) groups is 1. The van der Waals surface area contributed by atoms with Crippen molar-refractivity contribution in [3.63, 3.8) is 0 Å². The lowest BCUT2D eigenvalue weighted by Gasteiger charge is -2.21. The van der Waals surface area contributed by atoms with Gasteiger partial charge in [0.2, 0.25) is 0 Å². The summed E-state index contributed by atoms with van der Waals surface area (Å²) in [5, 5.41) is 7.04. The van der Waals surface area contributed by atoms with Crippen LogP contribution in [0.1, 0.15) is 96.3 Å². The van der Waals surface area contributed by atoms with Crippen LogP contribution in [0.3, 0.4) is 0 Å². The molecule has 4 aromatic heterocycles. The van der Waals surface area contributed by atoms with Crippen LogP contribution in [-0.4, -0.2) is 31.5 Å². The maximum atomic E-state index is 5.78. The van der Waals surface area contributed by atoms with Crippen LogP contribution in [-0.2, 0) is 6.42 Å². The molecule has 0 radical (unpaired) electrons. The molecule has 0 saturated carbocycles. The van der Waals surface area contributed by atoms with Gasteiger partial charge in [0.25, 0.3) is 0 Å². The van der Waals surface area contributed by atoms with E-state index in [0.29, 0.717) is 17.5 Å². The summed E-state index contributed by atoms with van der Waals surface area (Å²) in [6.07, 6.45) is 21.9. The summed E-state index contributed by atoms with van der Waals surface area (Å²) in [6.45, 7) is 13.3. The summed E-state index contributed by atoms with van der Waals surface area (Å²) in [6, 6.07) is 104. The molecule has 0 fully saturated rings. The Hall–Kier alpha value is -13.1. The van der Waals surface area contributed by atoms with Crippen molar-refractivity contribution in [1.82, 2.24) is 19.9 Å². The van der Waals surface area contributed by atoms with Gasteiger partial charge in [-0.15, -0.1) is 11.3 Å². The number of thiophene rings is 1. The van der Waals surface area contributed by atoms with Gasteiger partial charge in [-0.05, 0) is 145 Å². The Morgan fingerprint density at radius 2 is 1.11 bits per heavy atom. The molecule has 0 spiro atoms. The van der Waals surface area contributed by atoms with Gasteiger partial charge < -0.3 is 0 Å². The van der Waals surface area contributed by atoms with Crippen molar-refractivity contribution in [2.45, 2.75) is 57.3 Å². The molecule has 3 atom stereocenters. The molecule has 8 heteroatoms. The molecule has 12 aromatic carbocycles. The zero-order valence-electron chi connectivity index (χ0n) is 63.3. The Labute approximate surface area is 667 Å². The first-order chi connectivity index (χ1) is 55.6. The maximum absolute atomic E-state index is 5.78. The fraction of sp³-hybridized carbons (Fsp3) is 0.0857. The second-order valence-corrected chi connectivity index (χ2v) is 31.8. The number of aromatic nitrogens is 4. The monoisotopic (exact) mass is 1490 g/mol. The number of aliphatic imine (C=N–C) groups is 2. The molecule has 540 valence electrons. The molecular weight excluding hydrogens is 1410 g/mol. The van der Waals surface area contributed by atoms with Gasteiger partial charge in [-0.3, -0.25) is 0 Å². The Bertz CT molecular complexity index is 6720. The van der Waals surface area contributed by atoms with Crippen molar-refractivity contribution in [2.24, 2.45) is 15.9 Å². The van der Waals surface area contributed by atoms with E-state index < -0.39 is 0 Å². The van der Waals surface area contributed by atoms with E-state index in [-0.39, 0.29) is 11.8 Å². The van der Waals surface area contributed by atoms with Gasteiger partial charge in [-0.25, -0.2) is 29.9 Å². The molecule has 3 aliphatic rings. The van der Waals surface area contributed by atoms with Crippen molar-refractivity contribution >= 4 is 104 Å². The standard InChI is InChI=1S/C105H78N6S2/c1-6-70(87-57-54-77-31-17-19-33-86(77)97(87)83-56-59-89-93(63-83)110-101(99-91-35-21-23-37-96(91)113-103(89)99)79-48-52-81(53-49-79)105-108-84(61-69-25-10-7-11-26-69)64-94(111-105)85-32-18-16-24-65(85)2)60-66(3)71-38-40-72(41-39-71)67(4)106-104(107-68(5)73-42-44-76(45-43-73)74-27-12-8-13-28-74)80-50-46-78(47-51-80)100-98-90-34-20-22-36-95(90)112-102(98)88-58-55-82(62-92(88)109-100)75-29-14-9-15-30-75/h6-34,36-60,62-65,85,91H,5,35,61H2,1-4H3/b66-60+,70-6+,106-67?,107-104?. The number of allylic oxidation sites excluding steroid dienone is 12. The molecular formula is C105H78N6S2. The summed E-state index contributed by atoms with van der Waals surface area (Å²) in [4.78, 5) is 35.3. The highest BCUT2D eigenvalue weighted by molar-refractivity contribution is 8.03. The first-order valence-electron chi connectivity index (χ1n) is 38.9. The van der Waals surface area contributed by atoms with E-state index in [4.69, 9.17) is 29.9 Å². The summed E-state index contributed by atoms with van der Waals surface area (Å²) < 4.78 is 2.46. The minimum absolute atomic E-state index is 0.160. The zero-order valence-corrected chi connectivity index (χ0v) is 64.9. The third-order valence-electron chi connectivity index (χ3n) is 22.5. The van der Waals surface area contributed by atoms with E-state index in [1.807, 2.05) is 29.2 Å². The highest BCUT2D eigenvalue weighted by atomic mass is 32.2. The van der Waals surface area contributed by atoms with Crippen molar-refractivity contribution in [3.05, 3.63) is 408 Å². The lowest BCUT2D eigenvalue weighted by atomic mass is 9.86. The fourth-order valence-corrected chi connectivity index (χ4v) is 19.1. The Morgan fingerprint density at radius 1 is 0.504 bits per heavy atom. The molecule has 1 aliphatic heterocycles. The van der Waals surface area contributed by atoms with Crippen molar-refractivity contribution in [1.29, 1.82) is 0 Å². The maximum Gasteiger partial charge on any atom is 0.160 e. The van der Waals surface area contributed by atoms with Crippen LogP contribution in [0, 0.1) is 5.92 Å². The first kappa shape index (κ1) is 70.3. The Kier molecular flexibility index (Phi) is 18.8. The molecule has 113 heavy (non-hydrogen) atoms. The van der Waals surface area contributed by atoms with E-state index >= 15 is 0 Å². The lowest BCUT2D eigenvalue weighted by Crippen LogP contribution is -2.11. The van der Waals surface area contributed by atoms with Gasteiger partial charge >= 0.3 is 0 Å². The number of hydrogen-bond donors (Lipinski definition) is 0. The van der Waals surface area contributed by atoms with Gasteiger partial charge in [0.15, 0.2) is 11.7 Å². The van der Waals surface area contributed by atoms with Crippen LogP contribution in [0.15, 0.2) is 372 Å². The highest BCUT2D eigenvalue weighted by Gasteiger charge is 2.35. The molecule has 2 aliphatic carbocycles. The first-order valence-corrected chi connectivity index (χ1v) is 40.5. The molecule has 19 rings (SSSR count). The highest BCUT2D eigenvalue weighted by Crippen LogP contribution is 2.57. The molecule has 16 aromatic rings. The van der Waals surface area contributed by atoms with Gasteiger partial charge in [0, 0.05) is 93.3 Å². The number of amidine groups is 1. The molecule has 0 N–H and O–H groups in total. The number of nitrogens with zero attached hydrogens (tertiary/aromatic N) is 6. The molecule has 0 bridgehead atoms. The number of rotatable bonds is 16. The van der Waals surface area contributed by atoms with Crippen molar-refractivity contribution in [2.75, 3.05) is 0 Å². The van der Waals surface area contributed by atoms with E-state index in [0.717, 1.165) is 152 Å². The normalized spacial score (nSPS) is 15.7. The number of pyridine rings is 2. The molecule has 0 saturated heterocycles. The zero-order chi connectivity index (χ0) is 76.0. The van der Waals surface area contributed by atoms with E-state index in [1.54, 1.807) is 0 Å². The average Bonchev–Trinajstić information content (AvgIpc) is 1.64. The number of hydrogen-bond acceptors (Lipinski definition) is 7. The predicted molar refractivity (Wildman–Crippen MR) is 480 cm³/mol. The number of benzene rings is 12. The summed E-state index contributed by atoms with van der Waals surface area (Å²) in [7, 11) is 0. The van der Waals surface area contributed by atoms with Crippen LogP contribution in [0.25, 0.3) is 137 Å². The SMILES string of the molecule is C=C(N=C(N=C(C)c1ccc(/C(C)=C/C(=C\C)c2ccc3ccccc3c2-c2ccc3c4c(c(-c5ccc(-c6nc(Cc7ccccc7)cc(C7C=CC=CC7C)n6)cc5)nc3c2)C2CC=CC=C2S4)cc1)c1ccc(-c2nc3cc(-c4ccccc4)ccc3c3sc4ccccc4c23)cc1)c1ccc(-c2ccccc2)cc1. The Balaban J connectivity index is 0.647. The Morgan fingerprint density at radius 3 is 1.88 bits per heavy atom. The minimum atomic E-state index is 0.160. The largest absolute Gasteiger partial charge is 0.247 e. The number of fused-ring (bicyclic) bond motifs is 11. The van der Waals surface area contributed by atoms with E-state index in [1.165, 1.54) is 57.4 Å². The molecule has 0 amide bonds. The van der Waals surface area contributed by atoms with E-state index in [2.05, 4.69) is 374 Å². The van der Waals surface area contributed by atoms with Crippen molar-refractivity contribution in [3.8, 4) is 67.3 Å². The van der Waals surface area contributed by atoms with Crippen LogP contribution in [0.4, 0.5) is 0 Å². The van der Waals surface area contributed by atoms with Crippen molar-refractivity contribution < 1.29 is 0 Å². The lowest BCUT2D eigenvalue weighted by molar-refractivity contribution is 0.618. The van der Waals surface area contributed by atoms with Crippen LogP contribution < -0.4 is 0 Å². The third-order valence-corrected chi connectivity index (χ3v) is 25.0. The quantitative estimate of drug-likeness (QED) is 0.0547. The summed E-state index contributed by atoms with van der Waals surface area (Å²) >= 11 is 3.74. The fourth-order valence-electron chi connectivity index (χ4n) is 16.5.